The molecule has 1 heterocycles. The minimum Gasteiger partial charge on any atom is -0.312 e. The van der Waals surface area contributed by atoms with Crippen molar-refractivity contribution in [3.05, 3.63) is 51.8 Å². The number of benzene rings is 1. The zero-order valence-corrected chi connectivity index (χ0v) is 13.9. The standard InChI is InChI=1S/C16H22BrN3/c1-4-20-16(14(17)11-19-20)15(18-3)10-9-13-8-6-5-7-12(13)2/h5-8,11,15,18H,4,9-10H2,1-3H3. The van der Waals surface area contributed by atoms with Crippen molar-refractivity contribution in [2.24, 2.45) is 0 Å². The van der Waals surface area contributed by atoms with E-state index in [1.807, 2.05) is 13.2 Å². The predicted molar refractivity (Wildman–Crippen MR) is 86.9 cm³/mol. The van der Waals surface area contributed by atoms with E-state index in [2.05, 4.69) is 69.1 Å². The second-order valence-electron chi connectivity index (χ2n) is 5.00. The van der Waals surface area contributed by atoms with Crippen molar-refractivity contribution in [1.82, 2.24) is 15.1 Å². The van der Waals surface area contributed by atoms with Gasteiger partial charge < -0.3 is 5.32 Å². The van der Waals surface area contributed by atoms with Gasteiger partial charge in [-0.05, 0) is 60.8 Å². The molecule has 20 heavy (non-hydrogen) atoms. The Bertz CT molecular complexity index is 563. The Kier molecular flexibility index (Phi) is 5.38. The summed E-state index contributed by atoms with van der Waals surface area (Å²) in [5.74, 6) is 0. The van der Waals surface area contributed by atoms with Gasteiger partial charge in [0.2, 0.25) is 0 Å². The first-order valence-corrected chi connectivity index (χ1v) is 7.89. The first-order valence-electron chi connectivity index (χ1n) is 7.10. The lowest BCUT2D eigenvalue weighted by molar-refractivity contribution is 0.487. The number of hydrogen-bond acceptors (Lipinski definition) is 2. The lowest BCUT2D eigenvalue weighted by Gasteiger charge is -2.19. The molecule has 0 spiro atoms. The third-order valence-electron chi connectivity index (χ3n) is 3.77. The molecule has 0 amide bonds. The molecule has 0 fully saturated rings. The van der Waals surface area contributed by atoms with Gasteiger partial charge >= 0.3 is 0 Å². The summed E-state index contributed by atoms with van der Waals surface area (Å²) in [6.45, 7) is 5.19. The van der Waals surface area contributed by atoms with Crippen LogP contribution in [0.25, 0.3) is 0 Å². The van der Waals surface area contributed by atoms with Gasteiger partial charge in [0.15, 0.2) is 0 Å². The first kappa shape index (κ1) is 15.3. The lowest BCUT2D eigenvalue weighted by Crippen LogP contribution is -2.21. The van der Waals surface area contributed by atoms with Crippen LogP contribution in [-0.4, -0.2) is 16.8 Å². The fraction of sp³-hybridized carbons (Fsp3) is 0.438. The summed E-state index contributed by atoms with van der Waals surface area (Å²) in [7, 11) is 2.02. The highest BCUT2D eigenvalue weighted by Gasteiger charge is 2.18. The summed E-state index contributed by atoms with van der Waals surface area (Å²) in [5.41, 5.74) is 4.03. The molecule has 0 aliphatic carbocycles. The molecule has 0 saturated heterocycles. The smallest absolute Gasteiger partial charge is 0.0695 e. The van der Waals surface area contributed by atoms with Crippen molar-refractivity contribution >= 4 is 15.9 Å². The van der Waals surface area contributed by atoms with Crippen LogP contribution in [0.15, 0.2) is 34.9 Å². The van der Waals surface area contributed by atoms with Gasteiger partial charge in [-0.25, -0.2) is 0 Å². The van der Waals surface area contributed by atoms with Crippen LogP contribution in [0.1, 0.15) is 36.2 Å². The number of aromatic nitrogens is 2. The van der Waals surface area contributed by atoms with E-state index in [1.54, 1.807) is 0 Å². The van der Waals surface area contributed by atoms with E-state index in [9.17, 15) is 0 Å². The molecule has 0 saturated carbocycles. The second-order valence-corrected chi connectivity index (χ2v) is 5.85. The van der Waals surface area contributed by atoms with Crippen molar-refractivity contribution in [2.45, 2.75) is 39.3 Å². The van der Waals surface area contributed by atoms with Crippen LogP contribution < -0.4 is 5.32 Å². The lowest BCUT2D eigenvalue weighted by atomic mass is 9.99. The molecular weight excluding hydrogens is 314 g/mol. The van der Waals surface area contributed by atoms with Gasteiger partial charge in [-0.15, -0.1) is 0 Å². The van der Waals surface area contributed by atoms with Crippen LogP contribution in [-0.2, 0) is 13.0 Å². The number of nitrogens with zero attached hydrogens (tertiary/aromatic N) is 2. The third kappa shape index (κ3) is 3.30. The SMILES string of the molecule is CCn1ncc(Br)c1C(CCc1ccccc1C)NC. The minimum absolute atomic E-state index is 0.312. The van der Waals surface area contributed by atoms with E-state index in [0.29, 0.717) is 6.04 Å². The maximum Gasteiger partial charge on any atom is 0.0695 e. The number of nitrogens with one attached hydrogen (secondary N) is 1. The monoisotopic (exact) mass is 335 g/mol. The summed E-state index contributed by atoms with van der Waals surface area (Å²) < 4.78 is 3.15. The third-order valence-corrected chi connectivity index (χ3v) is 4.39. The highest BCUT2D eigenvalue weighted by molar-refractivity contribution is 9.10. The van der Waals surface area contributed by atoms with Crippen LogP contribution in [0.4, 0.5) is 0 Å². The maximum atomic E-state index is 4.41. The normalized spacial score (nSPS) is 12.6. The molecule has 2 aromatic rings. The molecule has 1 aromatic carbocycles. The summed E-state index contributed by atoms with van der Waals surface area (Å²) in [6, 6.07) is 8.91. The molecule has 0 aliphatic rings. The van der Waals surface area contributed by atoms with Gasteiger partial charge in [0.1, 0.15) is 0 Å². The maximum absolute atomic E-state index is 4.41. The van der Waals surface area contributed by atoms with E-state index in [4.69, 9.17) is 0 Å². The van der Waals surface area contributed by atoms with Crippen LogP contribution >= 0.6 is 15.9 Å². The summed E-state index contributed by atoms with van der Waals surface area (Å²) in [5, 5.41) is 7.82. The molecule has 0 bridgehead atoms. The van der Waals surface area contributed by atoms with E-state index in [0.717, 1.165) is 23.9 Å². The quantitative estimate of drug-likeness (QED) is 0.868. The highest BCUT2D eigenvalue weighted by Crippen LogP contribution is 2.27. The summed E-state index contributed by atoms with van der Waals surface area (Å²) >= 11 is 3.62. The van der Waals surface area contributed by atoms with Gasteiger partial charge in [-0.2, -0.15) is 5.10 Å². The Morgan fingerprint density at radius 1 is 1.35 bits per heavy atom. The molecule has 1 atom stereocenters. The van der Waals surface area contributed by atoms with Crippen molar-refractivity contribution in [3.8, 4) is 0 Å². The van der Waals surface area contributed by atoms with Gasteiger partial charge in [0.05, 0.1) is 22.4 Å². The molecule has 0 radical (unpaired) electrons. The van der Waals surface area contributed by atoms with E-state index in [-0.39, 0.29) is 0 Å². The van der Waals surface area contributed by atoms with Gasteiger partial charge in [0, 0.05) is 6.54 Å². The molecule has 3 nitrogen and oxygen atoms in total. The topological polar surface area (TPSA) is 29.9 Å². The number of aryl methyl sites for hydroxylation is 3. The fourth-order valence-corrected chi connectivity index (χ4v) is 3.15. The Balaban J connectivity index is 2.13. The largest absolute Gasteiger partial charge is 0.312 e. The van der Waals surface area contributed by atoms with Crippen LogP contribution in [0, 0.1) is 6.92 Å². The van der Waals surface area contributed by atoms with Gasteiger partial charge in [0.25, 0.3) is 0 Å². The van der Waals surface area contributed by atoms with Crippen molar-refractivity contribution in [2.75, 3.05) is 7.05 Å². The molecule has 4 heteroatoms. The Morgan fingerprint density at radius 3 is 2.75 bits per heavy atom. The Hall–Kier alpha value is -1.13. The zero-order valence-electron chi connectivity index (χ0n) is 12.4. The molecule has 1 unspecified atom stereocenters. The number of halogens is 1. The number of rotatable bonds is 6. The Morgan fingerprint density at radius 2 is 2.10 bits per heavy atom. The molecule has 1 aromatic heterocycles. The molecule has 0 aliphatic heterocycles. The first-order chi connectivity index (χ1) is 9.67. The molecule has 108 valence electrons. The zero-order chi connectivity index (χ0) is 14.5. The van der Waals surface area contributed by atoms with Crippen LogP contribution in [0.2, 0.25) is 0 Å². The van der Waals surface area contributed by atoms with E-state index in [1.165, 1.54) is 16.8 Å². The summed E-state index contributed by atoms with van der Waals surface area (Å²) in [6.07, 6.45) is 4.02. The predicted octanol–water partition coefficient (Wildman–Crippen LogP) is 3.87. The Labute approximate surface area is 129 Å². The summed E-state index contributed by atoms with van der Waals surface area (Å²) in [4.78, 5) is 0. The minimum atomic E-state index is 0.312. The average molecular weight is 336 g/mol. The van der Waals surface area contributed by atoms with Crippen molar-refractivity contribution in [3.63, 3.8) is 0 Å². The molecule has 2 rings (SSSR count). The molecule has 1 N–H and O–H groups in total. The number of hydrogen-bond donors (Lipinski definition) is 1. The second kappa shape index (κ2) is 7.04. The average Bonchev–Trinajstić information content (AvgIpc) is 2.83. The molecular formula is C16H22BrN3. The van der Waals surface area contributed by atoms with Crippen LogP contribution in [0.5, 0.6) is 0 Å². The van der Waals surface area contributed by atoms with Crippen molar-refractivity contribution in [1.29, 1.82) is 0 Å². The van der Waals surface area contributed by atoms with Gasteiger partial charge in [-0.1, -0.05) is 24.3 Å². The van der Waals surface area contributed by atoms with Crippen molar-refractivity contribution < 1.29 is 0 Å². The fourth-order valence-electron chi connectivity index (χ4n) is 2.58. The van der Waals surface area contributed by atoms with E-state index >= 15 is 0 Å². The van der Waals surface area contributed by atoms with Gasteiger partial charge in [-0.3, -0.25) is 4.68 Å². The van der Waals surface area contributed by atoms with E-state index < -0.39 is 0 Å². The van der Waals surface area contributed by atoms with Crippen LogP contribution in [0.3, 0.4) is 0 Å². The highest BCUT2D eigenvalue weighted by atomic mass is 79.9.